The highest BCUT2D eigenvalue weighted by atomic mass is 32.2. The minimum absolute atomic E-state index is 0.129. The number of hydrogen-bond donors (Lipinski definition) is 1. The molecule has 0 unspecified atom stereocenters. The number of sulfonamides is 1. The summed E-state index contributed by atoms with van der Waals surface area (Å²) in [5.74, 6) is 0.386. The zero-order valence-electron chi connectivity index (χ0n) is 17.5. The van der Waals surface area contributed by atoms with Crippen molar-refractivity contribution >= 4 is 27.3 Å². The number of amides is 1. The second kappa shape index (κ2) is 8.43. The van der Waals surface area contributed by atoms with E-state index in [4.69, 9.17) is 4.74 Å². The predicted molar refractivity (Wildman–Crippen MR) is 121 cm³/mol. The van der Waals surface area contributed by atoms with Gasteiger partial charge in [-0.25, -0.2) is 8.42 Å². The molecule has 0 aliphatic carbocycles. The number of ether oxygens (including phenoxy) is 1. The summed E-state index contributed by atoms with van der Waals surface area (Å²) in [6.45, 7) is 4.16. The van der Waals surface area contributed by atoms with Gasteiger partial charge in [0.15, 0.2) is 6.61 Å². The lowest BCUT2D eigenvalue weighted by Gasteiger charge is -2.19. The zero-order valence-corrected chi connectivity index (χ0v) is 18.3. The van der Waals surface area contributed by atoms with E-state index >= 15 is 0 Å². The smallest absolute Gasteiger partial charge is 0.264 e. The fourth-order valence-corrected chi connectivity index (χ4v) is 5.26. The van der Waals surface area contributed by atoms with Crippen molar-refractivity contribution < 1.29 is 17.9 Å². The highest BCUT2D eigenvalue weighted by Crippen LogP contribution is 2.32. The Morgan fingerprint density at radius 3 is 2.35 bits per heavy atom. The normalized spacial score (nSPS) is 13.0. The third kappa shape index (κ3) is 4.27. The average Bonchev–Trinajstić information content (AvgIpc) is 3.19. The first-order valence-corrected chi connectivity index (χ1v) is 11.5. The molecular weight excluding hydrogens is 412 g/mol. The maximum Gasteiger partial charge on any atom is 0.264 e. The van der Waals surface area contributed by atoms with E-state index in [1.165, 1.54) is 16.4 Å². The van der Waals surface area contributed by atoms with Crippen LogP contribution in [0.25, 0.3) is 0 Å². The third-order valence-corrected chi connectivity index (χ3v) is 7.15. The first-order chi connectivity index (χ1) is 14.9. The minimum Gasteiger partial charge on any atom is -0.483 e. The molecule has 1 heterocycles. The molecule has 31 heavy (non-hydrogen) atoms. The van der Waals surface area contributed by atoms with Crippen LogP contribution >= 0.6 is 0 Å². The summed E-state index contributed by atoms with van der Waals surface area (Å²) in [7, 11) is -3.66. The third-order valence-electron chi connectivity index (χ3n) is 5.33. The molecule has 0 fully saturated rings. The summed E-state index contributed by atoms with van der Waals surface area (Å²) in [6, 6.07) is 19.5. The Labute approximate surface area is 182 Å². The lowest BCUT2D eigenvalue weighted by atomic mass is 10.1. The summed E-state index contributed by atoms with van der Waals surface area (Å²) in [4.78, 5) is 12.5. The molecule has 6 nitrogen and oxygen atoms in total. The van der Waals surface area contributed by atoms with Crippen LogP contribution in [0.15, 0.2) is 71.6 Å². The van der Waals surface area contributed by atoms with Gasteiger partial charge in [-0.15, -0.1) is 0 Å². The van der Waals surface area contributed by atoms with Gasteiger partial charge < -0.3 is 10.1 Å². The summed E-state index contributed by atoms with van der Waals surface area (Å²) < 4.78 is 33.2. The van der Waals surface area contributed by atoms with Crippen LogP contribution in [0, 0.1) is 13.8 Å². The average molecular weight is 437 g/mol. The summed E-state index contributed by atoms with van der Waals surface area (Å²) in [6.07, 6.45) is 0.698. The SMILES string of the molecule is Cc1cccc(C)c1OCC(=O)Nc1ccc(S(=O)(=O)N2CCc3ccccc32)cc1. The van der Waals surface area contributed by atoms with Crippen LogP contribution in [0.2, 0.25) is 0 Å². The summed E-state index contributed by atoms with van der Waals surface area (Å²) >= 11 is 0. The number of hydrogen-bond acceptors (Lipinski definition) is 4. The van der Waals surface area contributed by atoms with Crippen LogP contribution in [0.1, 0.15) is 16.7 Å². The lowest BCUT2D eigenvalue weighted by Crippen LogP contribution is -2.29. The number of anilines is 2. The molecule has 0 bridgehead atoms. The maximum absolute atomic E-state index is 13.1. The van der Waals surface area contributed by atoms with E-state index < -0.39 is 10.0 Å². The van der Waals surface area contributed by atoms with Crippen molar-refractivity contribution in [3.63, 3.8) is 0 Å². The van der Waals surface area contributed by atoms with E-state index in [9.17, 15) is 13.2 Å². The molecule has 7 heteroatoms. The molecule has 0 saturated heterocycles. The van der Waals surface area contributed by atoms with E-state index in [1.807, 2.05) is 56.3 Å². The monoisotopic (exact) mass is 436 g/mol. The number of fused-ring (bicyclic) bond motifs is 1. The summed E-state index contributed by atoms with van der Waals surface area (Å²) in [5, 5.41) is 2.74. The molecule has 3 aromatic carbocycles. The number of benzene rings is 3. The predicted octanol–water partition coefficient (Wildman–Crippen LogP) is 4.07. The first-order valence-electron chi connectivity index (χ1n) is 10.1. The number of para-hydroxylation sites is 2. The number of carbonyl (C=O) groups excluding carboxylic acids is 1. The van der Waals surface area contributed by atoms with Gasteiger partial charge in [0.25, 0.3) is 15.9 Å². The van der Waals surface area contributed by atoms with E-state index in [1.54, 1.807) is 12.1 Å². The molecule has 0 radical (unpaired) electrons. The number of aryl methyl sites for hydroxylation is 2. The number of nitrogens with zero attached hydrogens (tertiary/aromatic N) is 1. The topological polar surface area (TPSA) is 75.7 Å². The molecule has 0 atom stereocenters. The standard InChI is InChI=1S/C24H24N2O4S/c1-17-6-5-7-18(2)24(17)30-16-23(27)25-20-10-12-21(13-11-20)31(28,29)26-15-14-19-8-3-4-9-22(19)26/h3-13H,14-16H2,1-2H3,(H,25,27). The Balaban J connectivity index is 1.42. The number of rotatable bonds is 6. The Morgan fingerprint density at radius 2 is 1.65 bits per heavy atom. The second-order valence-electron chi connectivity index (χ2n) is 7.54. The molecule has 0 aromatic heterocycles. The van der Waals surface area contributed by atoms with E-state index in [-0.39, 0.29) is 17.4 Å². The van der Waals surface area contributed by atoms with E-state index in [2.05, 4.69) is 5.32 Å². The van der Waals surface area contributed by atoms with Crippen molar-refractivity contribution in [2.24, 2.45) is 0 Å². The Bertz CT molecular complexity index is 1200. The van der Waals surface area contributed by atoms with Crippen molar-refractivity contribution in [1.29, 1.82) is 0 Å². The van der Waals surface area contributed by atoms with Gasteiger partial charge in [-0.1, -0.05) is 36.4 Å². The van der Waals surface area contributed by atoms with Crippen molar-refractivity contribution in [2.45, 2.75) is 25.2 Å². The molecule has 1 N–H and O–H groups in total. The second-order valence-corrected chi connectivity index (χ2v) is 9.40. The fourth-order valence-electron chi connectivity index (χ4n) is 3.76. The van der Waals surface area contributed by atoms with Crippen molar-refractivity contribution in [2.75, 3.05) is 22.8 Å². The molecule has 160 valence electrons. The first kappa shape index (κ1) is 20.9. The van der Waals surface area contributed by atoms with Crippen LogP contribution in [0.4, 0.5) is 11.4 Å². The van der Waals surface area contributed by atoms with Crippen LogP contribution in [-0.4, -0.2) is 27.5 Å². The van der Waals surface area contributed by atoms with Gasteiger partial charge in [0.1, 0.15) is 5.75 Å². The number of carbonyl (C=O) groups is 1. The van der Waals surface area contributed by atoms with Crippen molar-refractivity contribution in [3.05, 3.63) is 83.4 Å². The van der Waals surface area contributed by atoms with Gasteiger partial charge in [0.05, 0.1) is 10.6 Å². The van der Waals surface area contributed by atoms with Crippen molar-refractivity contribution in [3.8, 4) is 5.75 Å². The molecule has 1 aliphatic rings. The molecule has 1 aliphatic heterocycles. The lowest BCUT2D eigenvalue weighted by molar-refractivity contribution is -0.118. The van der Waals surface area contributed by atoms with Gasteiger partial charge in [-0.2, -0.15) is 0 Å². The van der Waals surface area contributed by atoms with Gasteiger partial charge in [-0.05, 0) is 67.3 Å². The van der Waals surface area contributed by atoms with Crippen molar-refractivity contribution in [1.82, 2.24) is 0 Å². The fraction of sp³-hybridized carbons (Fsp3) is 0.208. The minimum atomic E-state index is -3.66. The molecule has 1 amide bonds. The van der Waals surface area contributed by atoms with Gasteiger partial charge in [0, 0.05) is 12.2 Å². The molecular formula is C24H24N2O4S. The quantitative estimate of drug-likeness (QED) is 0.632. The van der Waals surface area contributed by atoms with Crippen LogP contribution < -0.4 is 14.4 Å². The molecule has 3 aromatic rings. The van der Waals surface area contributed by atoms with E-state index in [0.29, 0.717) is 24.4 Å². The molecule has 0 spiro atoms. The van der Waals surface area contributed by atoms with Gasteiger partial charge in [0.2, 0.25) is 0 Å². The molecule has 4 rings (SSSR count). The Morgan fingerprint density at radius 1 is 0.968 bits per heavy atom. The Hall–Kier alpha value is -3.32. The maximum atomic E-state index is 13.1. The van der Waals surface area contributed by atoms with Gasteiger partial charge >= 0.3 is 0 Å². The zero-order chi connectivity index (χ0) is 22.0. The largest absolute Gasteiger partial charge is 0.483 e. The van der Waals surface area contributed by atoms with Crippen LogP contribution in [-0.2, 0) is 21.2 Å². The number of nitrogens with one attached hydrogen (secondary N) is 1. The summed E-state index contributed by atoms with van der Waals surface area (Å²) in [5.41, 5.74) is 4.19. The van der Waals surface area contributed by atoms with E-state index in [0.717, 1.165) is 22.4 Å². The Kier molecular flexibility index (Phi) is 5.69. The molecule has 0 saturated carbocycles. The van der Waals surface area contributed by atoms with Crippen LogP contribution in [0.3, 0.4) is 0 Å². The van der Waals surface area contributed by atoms with Crippen LogP contribution in [0.5, 0.6) is 5.75 Å². The highest BCUT2D eigenvalue weighted by Gasteiger charge is 2.30. The van der Waals surface area contributed by atoms with Gasteiger partial charge in [-0.3, -0.25) is 9.10 Å². The highest BCUT2D eigenvalue weighted by molar-refractivity contribution is 7.92.